The van der Waals surface area contributed by atoms with Gasteiger partial charge in [0.15, 0.2) is 6.29 Å². The van der Waals surface area contributed by atoms with Crippen molar-refractivity contribution < 1.29 is 15.0 Å². The van der Waals surface area contributed by atoms with Gasteiger partial charge in [0.2, 0.25) is 0 Å². The number of thiophene rings is 1. The summed E-state index contributed by atoms with van der Waals surface area (Å²) in [6.45, 7) is 4.40. The summed E-state index contributed by atoms with van der Waals surface area (Å²) >= 11 is 1.58. The fraction of sp³-hybridized carbons (Fsp3) is 0.682. The molecular formula is C22H34O3S. The molecule has 5 atom stereocenters. The van der Waals surface area contributed by atoms with E-state index < -0.39 is 6.10 Å². The topological polar surface area (TPSA) is 57.5 Å². The number of carbonyl (C=O) groups excluding carboxylic acids is 1. The average molecular weight is 379 g/mol. The van der Waals surface area contributed by atoms with E-state index in [1.807, 2.05) is 18.2 Å². The maximum absolute atomic E-state index is 10.8. The summed E-state index contributed by atoms with van der Waals surface area (Å²) in [5.41, 5.74) is 0. The highest BCUT2D eigenvalue weighted by Gasteiger charge is 2.38. The number of carbonyl (C=O) groups is 1. The van der Waals surface area contributed by atoms with Crippen LogP contribution in [0.5, 0.6) is 0 Å². The van der Waals surface area contributed by atoms with Crippen molar-refractivity contribution in [3.05, 3.63) is 34.0 Å². The van der Waals surface area contributed by atoms with Gasteiger partial charge in [-0.05, 0) is 56.1 Å². The summed E-state index contributed by atoms with van der Waals surface area (Å²) in [5.74, 6) is 1.13. The second-order valence-electron chi connectivity index (χ2n) is 7.78. The molecule has 26 heavy (non-hydrogen) atoms. The van der Waals surface area contributed by atoms with Crippen LogP contribution in [0, 0.1) is 17.8 Å². The molecule has 0 radical (unpaired) electrons. The van der Waals surface area contributed by atoms with Crippen molar-refractivity contribution in [2.24, 2.45) is 17.8 Å². The zero-order valence-electron chi connectivity index (χ0n) is 16.1. The van der Waals surface area contributed by atoms with E-state index in [1.54, 1.807) is 11.3 Å². The Hall–Kier alpha value is -0.970. The first-order valence-electron chi connectivity index (χ1n) is 10.1. The van der Waals surface area contributed by atoms with Crippen LogP contribution in [0.25, 0.3) is 0 Å². The van der Waals surface area contributed by atoms with Crippen molar-refractivity contribution in [1.82, 2.24) is 0 Å². The first-order chi connectivity index (χ1) is 12.5. The maximum Gasteiger partial charge on any atom is 0.160 e. The zero-order chi connectivity index (χ0) is 18.9. The molecule has 0 aliphatic heterocycles. The predicted molar refractivity (Wildman–Crippen MR) is 109 cm³/mol. The Morgan fingerprint density at radius 3 is 2.81 bits per heavy atom. The molecule has 0 spiro atoms. The lowest BCUT2D eigenvalue weighted by molar-refractivity contribution is 0.112. The lowest BCUT2D eigenvalue weighted by Crippen LogP contribution is -2.19. The summed E-state index contributed by atoms with van der Waals surface area (Å²) in [7, 11) is 0. The van der Waals surface area contributed by atoms with Crippen LogP contribution in [0.15, 0.2) is 24.3 Å². The van der Waals surface area contributed by atoms with Crippen LogP contribution in [-0.2, 0) is 6.42 Å². The van der Waals surface area contributed by atoms with Crippen molar-refractivity contribution in [3.8, 4) is 0 Å². The summed E-state index contributed by atoms with van der Waals surface area (Å²) in [5, 5.41) is 20.6. The molecule has 3 nitrogen and oxygen atoms in total. The number of hydrogen-bond acceptors (Lipinski definition) is 4. The second-order valence-corrected chi connectivity index (χ2v) is 8.98. The third-order valence-corrected chi connectivity index (χ3v) is 6.77. The van der Waals surface area contributed by atoms with Crippen molar-refractivity contribution in [3.63, 3.8) is 0 Å². The van der Waals surface area contributed by atoms with Crippen LogP contribution in [-0.4, -0.2) is 28.7 Å². The SMILES string of the molecule is CCCCCC(O)/C=C/C1[C@@H](CCCc2ccc(C=O)s2)C(C)C[C@H]1O. The van der Waals surface area contributed by atoms with E-state index in [4.69, 9.17) is 0 Å². The Morgan fingerprint density at radius 1 is 1.31 bits per heavy atom. The van der Waals surface area contributed by atoms with Gasteiger partial charge in [-0.1, -0.05) is 45.3 Å². The van der Waals surface area contributed by atoms with Crippen LogP contribution in [0.3, 0.4) is 0 Å². The van der Waals surface area contributed by atoms with Gasteiger partial charge < -0.3 is 10.2 Å². The van der Waals surface area contributed by atoms with Crippen molar-refractivity contribution in [2.45, 2.75) is 77.4 Å². The fourth-order valence-electron chi connectivity index (χ4n) is 4.19. The van der Waals surface area contributed by atoms with Crippen LogP contribution in [0.2, 0.25) is 0 Å². The molecule has 146 valence electrons. The highest BCUT2D eigenvalue weighted by molar-refractivity contribution is 7.13. The molecule has 3 unspecified atom stereocenters. The predicted octanol–water partition coefficient (Wildman–Crippen LogP) is 5.01. The third-order valence-electron chi connectivity index (χ3n) is 5.70. The molecule has 1 aromatic rings. The Kier molecular flexibility index (Phi) is 9.03. The van der Waals surface area contributed by atoms with Crippen molar-refractivity contribution >= 4 is 17.6 Å². The van der Waals surface area contributed by atoms with E-state index in [-0.39, 0.29) is 12.0 Å². The molecule has 2 rings (SSSR count). The molecule has 1 saturated carbocycles. The van der Waals surface area contributed by atoms with Crippen LogP contribution >= 0.6 is 11.3 Å². The van der Waals surface area contributed by atoms with E-state index >= 15 is 0 Å². The van der Waals surface area contributed by atoms with Gasteiger partial charge in [0.05, 0.1) is 17.1 Å². The molecule has 1 aromatic heterocycles. The first-order valence-corrected chi connectivity index (χ1v) is 10.9. The smallest absolute Gasteiger partial charge is 0.160 e. The van der Waals surface area contributed by atoms with Crippen molar-refractivity contribution in [1.29, 1.82) is 0 Å². The normalized spacial score (nSPS) is 27.2. The molecule has 1 heterocycles. The Balaban J connectivity index is 1.84. The maximum atomic E-state index is 10.8. The molecule has 0 aromatic carbocycles. The number of unbranched alkanes of at least 4 members (excludes halogenated alkanes) is 2. The number of rotatable bonds is 11. The average Bonchev–Trinajstić information content (AvgIpc) is 3.18. The number of aliphatic hydroxyl groups excluding tert-OH is 2. The summed E-state index contributed by atoms with van der Waals surface area (Å²) in [6, 6.07) is 3.94. The zero-order valence-corrected chi connectivity index (χ0v) is 17.0. The van der Waals surface area contributed by atoms with Gasteiger partial charge in [-0.15, -0.1) is 11.3 Å². The van der Waals surface area contributed by atoms with Gasteiger partial charge in [0.25, 0.3) is 0 Å². The Morgan fingerprint density at radius 2 is 2.12 bits per heavy atom. The van der Waals surface area contributed by atoms with Gasteiger partial charge in [0.1, 0.15) is 0 Å². The number of aldehydes is 1. The minimum atomic E-state index is -0.391. The molecule has 0 bridgehead atoms. The monoisotopic (exact) mass is 378 g/mol. The lowest BCUT2D eigenvalue weighted by atomic mass is 9.85. The van der Waals surface area contributed by atoms with Gasteiger partial charge in [-0.3, -0.25) is 4.79 Å². The van der Waals surface area contributed by atoms with Crippen LogP contribution < -0.4 is 0 Å². The standard InChI is InChI=1S/C22H34O3S/c1-3-4-5-7-17(24)10-13-21-20(16(2)14-22(21)25)9-6-8-18-11-12-19(15-23)26-18/h10-13,15-17,20-22,24-25H,3-9,14H2,1-2H3/b13-10+/t16?,17?,20-,21?,22+/m0/s1. The van der Waals surface area contributed by atoms with E-state index in [1.165, 1.54) is 4.88 Å². The minimum Gasteiger partial charge on any atom is -0.392 e. The van der Waals surface area contributed by atoms with E-state index in [2.05, 4.69) is 19.9 Å². The number of aliphatic hydroxyl groups is 2. The van der Waals surface area contributed by atoms with E-state index in [0.717, 1.165) is 62.5 Å². The quantitative estimate of drug-likeness (QED) is 0.323. The molecule has 0 amide bonds. The first kappa shape index (κ1) is 21.3. The molecule has 1 aliphatic rings. The largest absolute Gasteiger partial charge is 0.392 e. The minimum absolute atomic E-state index is 0.152. The Labute approximate surface area is 162 Å². The van der Waals surface area contributed by atoms with Crippen LogP contribution in [0.1, 0.15) is 73.3 Å². The third kappa shape index (κ3) is 6.33. The highest BCUT2D eigenvalue weighted by Crippen LogP contribution is 2.41. The lowest BCUT2D eigenvalue weighted by Gasteiger charge is -2.22. The highest BCUT2D eigenvalue weighted by atomic mass is 32.1. The van der Waals surface area contributed by atoms with Crippen molar-refractivity contribution in [2.75, 3.05) is 0 Å². The van der Waals surface area contributed by atoms with Gasteiger partial charge in [-0.2, -0.15) is 0 Å². The summed E-state index contributed by atoms with van der Waals surface area (Å²) in [6.07, 6.45) is 12.4. The summed E-state index contributed by atoms with van der Waals surface area (Å²) < 4.78 is 0. The molecular weight excluding hydrogens is 344 g/mol. The molecule has 1 aliphatic carbocycles. The van der Waals surface area contributed by atoms with E-state index in [9.17, 15) is 15.0 Å². The number of hydrogen-bond donors (Lipinski definition) is 2. The second kappa shape index (κ2) is 11.0. The summed E-state index contributed by atoms with van der Waals surface area (Å²) in [4.78, 5) is 12.8. The van der Waals surface area contributed by atoms with Gasteiger partial charge in [-0.25, -0.2) is 0 Å². The molecule has 4 heteroatoms. The Bertz CT molecular complexity index is 565. The van der Waals surface area contributed by atoms with Gasteiger partial charge in [0, 0.05) is 10.8 Å². The molecule has 1 fully saturated rings. The van der Waals surface area contributed by atoms with E-state index in [0.29, 0.717) is 11.8 Å². The molecule has 0 saturated heterocycles. The fourth-order valence-corrected chi connectivity index (χ4v) is 5.06. The van der Waals surface area contributed by atoms with Crippen LogP contribution in [0.4, 0.5) is 0 Å². The number of aryl methyl sites for hydroxylation is 1. The van der Waals surface area contributed by atoms with Gasteiger partial charge >= 0.3 is 0 Å². The molecule has 2 N–H and O–H groups in total.